The summed E-state index contributed by atoms with van der Waals surface area (Å²) >= 11 is 0. The second-order valence-electron chi connectivity index (χ2n) is 4.61. The molecule has 1 saturated heterocycles. The number of H-pyrrole nitrogens is 1. The van der Waals surface area contributed by atoms with E-state index in [2.05, 4.69) is 9.97 Å². The van der Waals surface area contributed by atoms with Gasteiger partial charge in [-0.25, -0.2) is 9.78 Å². The maximum atomic E-state index is 12.1. The molecule has 8 heteroatoms. The van der Waals surface area contributed by atoms with Gasteiger partial charge in [0.2, 0.25) is 5.91 Å². The third kappa shape index (κ3) is 2.91. The molecule has 1 amide bonds. The third-order valence-corrected chi connectivity index (χ3v) is 3.15. The van der Waals surface area contributed by atoms with E-state index in [9.17, 15) is 14.7 Å². The number of nitrogens with two attached hydrogens (primary N) is 1. The van der Waals surface area contributed by atoms with Crippen LogP contribution in [-0.2, 0) is 16.0 Å². The highest BCUT2D eigenvalue weighted by atomic mass is 16.4. The number of aromatic amines is 1. The molecule has 5 N–H and O–H groups in total. The van der Waals surface area contributed by atoms with Gasteiger partial charge in [-0.1, -0.05) is 0 Å². The van der Waals surface area contributed by atoms with Crippen LogP contribution < -0.4 is 5.73 Å². The zero-order chi connectivity index (χ0) is 14.0. The Labute approximate surface area is 109 Å². The second-order valence-corrected chi connectivity index (χ2v) is 4.61. The van der Waals surface area contributed by atoms with Gasteiger partial charge in [-0.05, 0) is 0 Å². The summed E-state index contributed by atoms with van der Waals surface area (Å²) < 4.78 is 0. The van der Waals surface area contributed by atoms with Crippen LogP contribution in [-0.4, -0.2) is 61.7 Å². The Balaban J connectivity index is 2.03. The van der Waals surface area contributed by atoms with E-state index in [0.717, 1.165) is 4.90 Å². The molecule has 3 unspecified atom stereocenters. The zero-order valence-electron chi connectivity index (χ0n) is 10.2. The highest BCUT2D eigenvalue weighted by Gasteiger charge is 2.40. The number of carboxylic acid groups (broad SMARTS) is 1. The smallest absolute Gasteiger partial charge is 0.326 e. The number of β-amino-alcohol motifs (C(OH)–C–C–N with tert-alkyl or cyclic N) is 1. The summed E-state index contributed by atoms with van der Waals surface area (Å²) in [6.07, 6.45) is 2.55. The highest BCUT2D eigenvalue weighted by molar-refractivity contribution is 5.87. The topological polar surface area (TPSA) is 133 Å². The van der Waals surface area contributed by atoms with E-state index in [-0.39, 0.29) is 19.4 Å². The summed E-state index contributed by atoms with van der Waals surface area (Å²) in [7, 11) is 0. The maximum Gasteiger partial charge on any atom is 0.326 e. The van der Waals surface area contributed by atoms with Crippen molar-refractivity contribution < 1.29 is 19.8 Å². The number of rotatable bonds is 4. The van der Waals surface area contributed by atoms with E-state index >= 15 is 0 Å². The van der Waals surface area contributed by atoms with Gasteiger partial charge in [-0.3, -0.25) is 4.79 Å². The van der Waals surface area contributed by atoms with E-state index in [1.807, 2.05) is 0 Å². The molecule has 19 heavy (non-hydrogen) atoms. The first-order chi connectivity index (χ1) is 8.99. The van der Waals surface area contributed by atoms with Crippen LogP contribution in [0.5, 0.6) is 0 Å². The molecule has 1 aromatic heterocycles. The largest absolute Gasteiger partial charge is 0.480 e. The summed E-state index contributed by atoms with van der Waals surface area (Å²) in [5, 5.41) is 18.5. The number of aliphatic hydroxyl groups excluding tert-OH is 1. The molecule has 2 heterocycles. The summed E-state index contributed by atoms with van der Waals surface area (Å²) in [6.45, 7) is 0.00403. The Bertz CT molecular complexity index is 461. The molecule has 0 radical (unpaired) electrons. The van der Waals surface area contributed by atoms with Gasteiger partial charge in [0.1, 0.15) is 6.04 Å². The SMILES string of the molecule is NC(Cc1c[nH]cn1)C(=O)N1CC(O)CC1C(=O)O. The van der Waals surface area contributed by atoms with Crippen LogP contribution in [0.25, 0.3) is 0 Å². The molecular weight excluding hydrogens is 252 g/mol. The normalized spacial score (nSPS) is 24.4. The van der Waals surface area contributed by atoms with Gasteiger partial charge < -0.3 is 25.8 Å². The van der Waals surface area contributed by atoms with Crippen molar-refractivity contribution in [3.63, 3.8) is 0 Å². The van der Waals surface area contributed by atoms with E-state index in [1.54, 1.807) is 6.20 Å². The first kappa shape index (κ1) is 13.5. The Morgan fingerprint density at radius 3 is 2.95 bits per heavy atom. The Morgan fingerprint density at radius 2 is 2.37 bits per heavy atom. The molecule has 8 nitrogen and oxygen atoms in total. The first-order valence-corrected chi connectivity index (χ1v) is 5.93. The number of aliphatic hydroxyl groups is 1. The number of aromatic nitrogens is 2. The first-order valence-electron chi connectivity index (χ1n) is 5.93. The molecule has 1 aliphatic rings. The number of carbonyl (C=O) groups is 2. The average molecular weight is 268 g/mol. The average Bonchev–Trinajstić information content (AvgIpc) is 2.97. The number of imidazole rings is 1. The molecule has 1 aliphatic heterocycles. The van der Waals surface area contributed by atoms with Gasteiger partial charge in [-0.2, -0.15) is 0 Å². The van der Waals surface area contributed by atoms with E-state index in [4.69, 9.17) is 10.8 Å². The number of aliphatic carboxylic acids is 1. The van der Waals surface area contributed by atoms with Crippen LogP contribution in [0.1, 0.15) is 12.1 Å². The number of hydrogen-bond acceptors (Lipinski definition) is 5. The molecule has 0 bridgehead atoms. The summed E-state index contributed by atoms with van der Waals surface area (Å²) in [5.74, 6) is -1.61. The minimum atomic E-state index is -1.13. The van der Waals surface area contributed by atoms with Crippen molar-refractivity contribution >= 4 is 11.9 Å². The fraction of sp³-hybridized carbons (Fsp3) is 0.545. The fourth-order valence-electron chi connectivity index (χ4n) is 2.22. The predicted octanol–water partition coefficient (Wildman–Crippen LogP) is -1.67. The lowest BCUT2D eigenvalue weighted by molar-refractivity contribution is -0.148. The Kier molecular flexibility index (Phi) is 3.82. The third-order valence-electron chi connectivity index (χ3n) is 3.15. The molecule has 3 atom stereocenters. The van der Waals surface area contributed by atoms with E-state index in [1.165, 1.54) is 6.33 Å². The van der Waals surface area contributed by atoms with Gasteiger partial charge in [-0.15, -0.1) is 0 Å². The number of amides is 1. The molecule has 0 spiro atoms. The maximum absolute atomic E-state index is 12.1. The lowest BCUT2D eigenvalue weighted by Gasteiger charge is -2.24. The number of carbonyl (C=O) groups excluding carboxylic acids is 1. The molecule has 0 saturated carbocycles. The summed E-state index contributed by atoms with van der Waals surface area (Å²) in [5.41, 5.74) is 6.41. The van der Waals surface area contributed by atoms with Gasteiger partial charge in [0.05, 0.1) is 24.2 Å². The lowest BCUT2D eigenvalue weighted by atomic mass is 10.1. The van der Waals surface area contributed by atoms with Crippen LogP contribution in [0.15, 0.2) is 12.5 Å². The van der Waals surface area contributed by atoms with E-state index in [0.29, 0.717) is 5.69 Å². The lowest BCUT2D eigenvalue weighted by Crippen LogP contribution is -2.49. The standard InChI is InChI=1S/C11H16N4O4/c12-8(1-6-3-13-5-14-6)10(17)15-4-7(16)2-9(15)11(18)19/h3,5,7-9,16H,1-2,4,12H2,(H,13,14)(H,18,19). The van der Waals surface area contributed by atoms with Crippen molar-refractivity contribution in [3.05, 3.63) is 18.2 Å². The van der Waals surface area contributed by atoms with Gasteiger partial charge in [0, 0.05) is 25.6 Å². The zero-order valence-corrected chi connectivity index (χ0v) is 10.2. The van der Waals surface area contributed by atoms with Crippen LogP contribution in [0, 0.1) is 0 Å². The van der Waals surface area contributed by atoms with Crippen molar-refractivity contribution in [1.82, 2.24) is 14.9 Å². The van der Waals surface area contributed by atoms with Crippen LogP contribution in [0.3, 0.4) is 0 Å². The highest BCUT2D eigenvalue weighted by Crippen LogP contribution is 2.19. The van der Waals surface area contributed by atoms with Crippen molar-refractivity contribution in [3.8, 4) is 0 Å². The second kappa shape index (κ2) is 5.37. The van der Waals surface area contributed by atoms with E-state index < -0.39 is 30.1 Å². The minimum absolute atomic E-state index is 0.00403. The minimum Gasteiger partial charge on any atom is -0.480 e. The molecule has 1 fully saturated rings. The number of carboxylic acids is 1. The van der Waals surface area contributed by atoms with Gasteiger partial charge >= 0.3 is 5.97 Å². The molecule has 0 aromatic carbocycles. The van der Waals surface area contributed by atoms with Crippen LogP contribution >= 0.6 is 0 Å². The van der Waals surface area contributed by atoms with Crippen LogP contribution in [0.4, 0.5) is 0 Å². The predicted molar refractivity (Wildman–Crippen MR) is 64.0 cm³/mol. The van der Waals surface area contributed by atoms with Crippen molar-refractivity contribution in [2.45, 2.75) is 31.0 Å². The van der Waals surface area contributed by atoms with Crippen LogP contribution in [0.2, 0.25) is 0 Å². The molecular formula is C11H16N4O4. The Morgan fingerprint density at radius 1 is 1.63 bits per heavy atom. The van der Waals surface area contributed by atoms with Crippen molar-refractivity contribution in [2.24, 2.45) is 5.73 Å². The van der Waals surface area contributed by atoms with Gasteiger partial charge in [0.15, 0.2) is 0 Å². The van der Waals surface area contributed by atoms with Crippen molar-refractivity contribution in [2.75, 3.05) is 6.54 Å². The number of nitrogens with zero attached hydrogens (tertiary/aromatic N) is 2. The quantitative estimate of drug-likeness (QED) is 0.516. The summed E-state index contributed by atoms with van der Waals surface area (Å²) in [4.78, 5) is 31.0. The summed E-state index contributed by atoms with van der Waals surface area (Å²) in [6, 6.07) is -1.87. The fourth-order valence-corrected chi connectivity index (χ4v) is 2.22. The van der Waals surface area contributed by atoms with Gasteiger partial charge in [0.25, 0.3) is 0 Å². The number of hydrogen-bond donors (Lipinski definition) is 4. The Hall–Kier alpha value is -1.93. The number of likely N-dealkylation sites (tertiary alicyclic amines) is 1. The van der Waals surface area contributed by atoms with Crippen molar-refractivity contribution in [1.29, 1.82) is 0 Å². The number of nitrogens with one attached hydrogen (secondary N) is 1. The molecule has 104 valence electrons. The molecule has 0 aliphatic carbocycles. The molecule has 1 aromatic rings. The monoisotopic (exact) mass is 268 g/mol. The molecule has 2 rings (SSSR count).